The minimum Gasteiger partial charge on any atom is -0.369 e. The number of terminal acetylenes is 1. The van der Waals surface area contributed by atoms with Crippen molar-refractivity contribution in [3.05, 3.63) is 65.0 Å². The van der Waals surface area contributed by atoms with E-state index in [1.54, 1.807) is 6.20 Å². The number of hydrogen-bond acceptors (Lipinski definition) is 2. The maximum absolute atomic E-state index is 10.9. The summed E-state index contributed by atoms with van der Waals surface area (Å²) in [5.41, 5.74) is 2.15. The molecule has 1 aliphatic rings. The molecule has 0 saturated carbocycles. The van der Waals surface area contributed by atoms with Crippen LogP contribution in [0.5, 0.6) is 0 Å². The molecule has 0 aliphatic heterocycles. The molecule has 2 heteroatoms. The predicted molar refractivity (Wildman–Crippen MR) is 69.9 cm³/mol. The zero-order valence-electron chi connectivity index (χ0n) is 9.93. The second-order valence-corrected chi connectivity index (χ2v) is 4.51. The van der Waals surface area contributed by atoms with Gasteiger partial charge in [0.15, 0.2) is 5.60 Å². The second kappa shape index (κ2) is 3.97. The average molecular weight is 235 g/mol. The van der Waals surface area contributed by atoms with Crippen molar-refractivity contribution in [3.63, 3.8) is 0 Å². The summed E-state index contributed by atoms with van der Waals surface area (Å²) < 4.78 is 0. The SMILES string of the molecule is C#C[C@@]1(O)c2ccccc2CCc2ncccc21. The number of pyridine rings is 1. The van der Waals surface area contributed by atoms with Gasteiger partial charge in [-0.3, -0.25) is 4.98 Å². The molecule has 18 heavy (non-hydrogen) atoms. The zero-order valence-corrected chi connectivity index (χ0v) is 9.93. The van der Waals surface area contributed by atoms with Crippen LogP contribution in [0.15, 0.2) is 42.6 Å². The Labute approximate surface area is 106 Å². The highest BCUT2D eigenvalue weighted by atomic mass is 16.3. The normalized spacial score (nSPS) is 21.3. The van der Waals surface area contributed by atoms with Gasteiger partial charge in [-0.2, -0.15) is 0 Å². The lowest BCUT2D eigenvalue weighted by molar-refractivity contribution is 0.144. The van der Waals surface area contributed by atoms with Gasteiger partial charge in [-0.15, -0.1) is 6.42 Å². The molecule has 1 atom stereocenters. The minimum absolute atomic E-state index is 0.734. The molecule has 1 heterocycles. The minimum atomic E-state index is -1.36. The number of nitrogens with zero attached hydrogens (tertiary/aromatic N) is 1. The molecule has 3 rings (SSSR count). The zero-order chi connectivity index (χ0) is 12.6. The van der Waals surface area contributed by atoms with Gasteiger partial charge in [0.1, 0.15) is 0 Å². The van der Waals surface area contributed by atoms with E-state index in [4.69, 9.17) is 6.42 Å². The van der Waals surface area contributed by atoms with E-state index in [1.807, 2.05) is 36.4 Å². The maximum Gasteiger partial charge on any atom is 0.178 e. The monoisotopic (exact) mass is 235 g/mol. The molecule has 0 fully saturated rings. The standard InChI is InChI=1S/C16H13NO/c1-2-16(18)13-7-4-3-6-12(13)9-10-15-14(16)8-5-11-17-15/h1,3-8,11,18H,9-10H2/t16-/m1/s1. The Hall–Kier alpha value is -2.11. The first-order valence-electron chi connectivity index (χ1n) is 5.98. The van der Waals surface area contributed by atoms with Crippen molar-refractivity contribution < 1.29 is 5.11 Å². The van der Waals surface area contributed by atoms with E-state index in [-0.39, 0.29) is 0 Å². The average Bonchev–Trinajstić information content (AvgIpc) is 2.56. The van der Waals surface area contributed by atoms with Crippen molar-refractivity contribution in [1.29, 1.82) is 0 Å². The van der Waals surface area contributed by atoms with Gasteiger partial charge >= 0.3 is 0 Å². The van der Waals surface area contributed by atoms with Gasteiger partial charge in [-0.05, 0) is 24.5 Å². The van der Waals surface area contributed by atoms with Gasteiger partial charge in [-0.1, -0.05) is 36.3 Å². The molecule has 0 radical (unpaired) electrons. The van der Waals surface area contributed by atoms with Crippen molar-refractivity contribution in [2.24, 2.45) is 0 Å². The smallest absolute Gasteiger partial charge is 0.178 e. The lowest BCUT2D eigenvalue weighted by Crippen LogP contribution is -2.26. The van der Waals surface area contributed by atoms with Crippen LogP contribution in [0.3, 0.4) is 0 Å². The highest BCUT2D eigenvalue weighted by molar-refractivity contribution is 5.50. The van der Waals surface area contributed by atoms with Gasteiger partial charge < -0.3 is 5.11 Å². The first-order chi connectivity index (χ1) is 8.75. The summed E-state index contributed by atoms with van der Waals surface area (Å²) in [7, 11) is 0. The van der Waals surface area contributed by atoms with Crippen LogP contribution in [0.1, 0.15) is 22.4 Å². The summed E-state index contributed by atoms with van der Waals surface area (Å²) in [6, 6.07) is 11.5. The van der Waals surface area contributed by atoms with E-state index in [0.29, 0.717) is 0 Å². The number of hydrogen-bond donors (Lipinski definition) is 1. The molecule has 0 spiro atoms. The summed E-state index contributed by atoms with van der Waals surface area (Å²) in [6.07, 6.45) is 9.00. The fraction of sp³-hybridized carbons (Fsp3) is 0.188. The van der Waals surface area contributed by atoms with Crippen LogP contribution in [0, 0.1) is 12.3 Å². The molecular weight excluding hydrogens is 222 g/mol. The largest absolute Gasteiger partial charge is 0.369 e. The third-order valence-corrected chi connectivity index (χ3v) is 3.53. The van der Waals surface area contributed by atoms with E-state index >= 15 is 0 Å². The van der Waals surface area contributed by atoms with E-state index in [9.17, 15) is 5.11 Å². The molecule has 2 aromatic rings. The summed E-state index contributed by atoms with van der Waals surface area (Å²) >= 11 is 0. The van der Waals surface area contributed by atoms with Crippen molar-refractivity contribution >= 4 is 0 Å². The van der Waals surface area contributed by atoms with Gasteiger partial charge in [0.25, 0.3) is 0 Å². The fourth-order valence-corrected chi connectivity index (χ4v) is 2.61. The summed E-state index contributed by atoms with van der Waals surface area (Å²) in [4.78, 5) is 4.35. The Morgan fingerprint density at radius 2 is 1.89 bits per heavy atom. The van der Waals surface area contributed by atoms with Crippen LogP contribution in [0.4, 0.5) is 0 Å². The molecule has 1 aromatic carbocycles. The van der Waals surface area contributed by atoms with Gasteiger partial charge in [0, 0.05) is 23.0 Å². The van der Waals surface area contributed by atoms with E-state index in [0.717, 1.165) is 35.2 Å². The number of fused-ring (bicyclic) bond motifs is 2. The number of aryl methyl sites for hydroxylation is 2. The Kier molecular flexibility index (Phi) is 2.43. The van der Waals surface area contributed by atoms with Crippen LogP contribution in [-0.2, 0) is 18.4 Å². The topological polar surface area (TPSA) is 33.1 Å². The third-order valence-electron chi connectivity index (χ3n) is 3.53. The van der Waals surface area contributed by atoms with Crippen molar-refractivity contribution in [2.75, 3.05) is 0 Å². The third kappa shape index (κ3) is 1.45. The molecule has 1 aromatic heterocycles. The first-order valence-corrected chi connectivity index (χ1v) is 5.98. The molecule has 1 aliphatic carbocycles. The van der Waals surface area contributed by atoms with Gasteiger partial charge in [0.2, 0.25) is 0 Å². The van der Waals surface area contributed by atoms with Crippen molar-refractivity contribution in [3.8, 4) is 12.3 Å². The number of rotatable bonds is 0. The quantitative estimate of drug-likeness (QED) is 0.709. The molecule has 2 nitrogen and oxygen atoms in total. The Balaban J connectivity index is 2.33. The predicted octanol–water partition coefficient (Wildman–Crippen LogP) is 2.05. The second-order valence-electron chi connectivity index (χ2n) is 4.51. The Morgan fingerprint density at radius 3 is 2.72 bits per heavy atom. The van der Waals surface area contributed by atoms with Crippen LogP contribution in [0.25, 0.3) is 0 Å². The van der Waals surface area contributed by atoms with Crippen LogP contribution in [-0.4, -0.2) is 10.1 Å². The molecule has 1 N–H and O–H groups in total. The van der Waals surface area contributed by atoms with Crippen molar-refractivity contribution in [1.82, 2.24) is 4.98 Å². The lowest BCUT2D eigenvalue weighted by Gasteiger charge is -2.24. The fourth-order valence-electron chi connectivity index (χ4n) is 2.61. The Bertz CT molecular complexity index is 592. The van der Waals surface area contributed by atoms with Crippen LogP contribution in [0.2, 0.25) is 0 Å². The molecule has 0 saturated heterocycles. The highest BCUT2D eigenvalue weighted by Crippen LogP contribution is 2.36. The lowest BCUT2D eigenvalue weighted by atomic mass is 9.85. The van der Waals surface area contributed by atoms with Gasteiger partial charge in [0.05, 0.1) is 0 Å². The van der Waals surface area contributed by atoms with Gasteiger partial charge in [-0.25, -0.2) is 0 Å². The summed E-state index contributed by atoms with van der Waals surface area (Å²) in [6.45, 7) is 0. The van der Waals surface area contributed by atoms with E-state index < -0.39 is 5.60 Å². The van der Waals surface area contributed by atoms with E-state index in [2.05, 4.69) is 10.9 Å². The number of aromatic nitrogens is 1. The molecule has 0 amide bonds. The molecule has 0 bridgehead atoms. The maximum atomic E-state index is 10.9. The molecular formula is C16H13NO. The molecule has 0 unspecified atom stereocenters. The van der Waals surface area contributed by atoms with Crippen LogP contribution < -0.4 is 0 Å². The first kappa shape index (κ1) is 11.0. The van der Waals surface area contributed by atoms with Crippen LogP contribution >= 0.6 is 0 Å². The Morgan fingerprint density at radius 1 is 1.11 bits per heavy atom. The number of aliphatic hydroxyl groups is 1. The highest BCUT2D eigenvalue weighted by Gasteiger charge is 2.35. The molecule has 88 valence electrons. The summed E-state index contributed by atoms with van der Waals surface area (Å²) in [5.74, 6) is 2.55. The van der Waals surface area contributed by atoms with E-state index in [1.165, 1.54) is 0 Å². The van der Waals surface area contributed by atoms with Crippen molar-refractivity contribution in [2.45, 2.75) is 18.4 Å². The number of benzene rings is 1. The summed E-state index contributed by atoms with van der Waals surface area (Å²) in [5, 5.41) is 10.9.